The summed E-state index contributed by atoms with van der Waals surface area (Å²) in [5.74, 6) is -0.907. The molecule has 84 valence electrons. The highest BCUT2D eigenvalue weighted by atomic mass is 19.4. The molecule has 0 radical (unpaired) electrons. The molecule has 0 aromatic carbocycles. The molecule has 0 saturated carbocycles. The van der Waals surface area contributed by atoms with E-state index in [1.807, 2.05) is 0 Å². The van der Waals surface area contributed by atoms with E-state index in [1.54, 1.807) is 6.92 Å². The number of halogens is 3. The minimum absolute atomic E-state index is 0.0113. The summed E-state index contributed by atoms with van der Waals surface area (Å²) in [5.41, 5.74) is 5.29. The van der Waals surface area contributed by atoms with Crippen LogP contribution in [-0.2, 0) is 4.79 Å². The Kier molecular flexibility index (Phi) is 4.90. The zero-order chi connectivity index (χ0) is 11.4. The molecule has 6 heteroatoms. The molecule has 1 atom stereocenters. The van der Waals surface area contributed by atoms with Gasteiger partial charge in [-0.05, 0) is 12.5 Å². The van der Waals surface area contributed by atoms with E-state index < -0.39 is 18.5 Å². The summed E-state index contributed by atoms with van der Waals surface area (Å²) in [5, 5.41) is 0. The number of carbonyl (C=O) groups is 1. The van der Waals surface area contributed by atoms with Crippen molar-refractivity contribution in [1.82, 2.24) is 4.90 Å². The molecule has 0 aliphatic heterocycles. The Bertz CT molecular complexity index is 194. The Morgan fingerprint density at radius 1 is 1.50 bits per heavy atom. The number of nitrogens with two attached hydrogens (primary N) is 1. The number of carbonyl (C=O) groups excluding carboxylic acids is 1. The molecule has 14 heavy (non-hydrogen) atoms. The lowest BCUT2D eigenvalue weighted by molar-refractivity contribution is -0.160. The number of rotatable bonds is 4. The summed E-state index contributed by atoms with van der Waals surface area (Å²) < 4.78 is 35.4. The van der Waals surface area contributed by atoms with Gasteiger partial charge in [-0.15, -0.1) is 0 Å². The van der Waals surface area contributed by atoms with E-state index >= 15 is 0 Å². The van der Waals surface area contributed by atoms with Crippen LogP contribution in [0.15, 0.2) is 0 Å². The third-order valence-electron chi connectivity index (χ3n) is 1.77. The van der Waals surface area contributed by atoms with Gasteiger partial charge >= 0.3 is 6.18 Å². The van der Waals surface area contributed by atoms with Crippen LogP contribution in [0.5, 0.6) is 0 Å². The molecular weight excluding hydrogens is 197 g/mol. The molecule has 1 unspecified atom stereocenters. The Hall–Kier alpha value is -0.780. The summed E-state index contributed by atoms with van der Waals surface area (Å²) in [7, 11) is 1.35. The second-order valence-electron chi connectivity index (χ2n) is 3.41. The smallest absolute Gasteiger partial charge is 0.345 e. The fraction of sp³-hybridized carbons (Fsp3) is 0.875. The predicted octanol–water partition coefficient (Wildman–Crippen LogP) is 0.992. The maximum atomic E-state index is 11.8. The molecule has 0 aromatic heterocycles. The molecule has 0 fully saturated rings. The number of alkyl halides is 3. The third kappa shape index (κ3) is 5.80. The van der Waals surface area contributed by atoms with E-state index in [4.69, 9.17) is 5.73 Å². The molecule has 0 bridgehead atoms. The van der Waals surface area contributed by atoms with E-state index in [9.17, 15) is 18.0 Å². The van der Waals surface area contributed by atoms with Gasteiger partial charge in [0, 0.05) is 13.6 Å². The summed E-state index contributed by atoms with van der Waals surface area (Å²) in [6.45, 7) is 2.38. The number of hydrogen-bond acceptors (Lipinski definition) is 2. The van der Waals surface area contributed by atoms with Crippen molar-refractivity contribution in [2.24, 2.45) is 11.7 Å². The quantitative estimate of drug-likeness (QED) is 0.755. The third-order valence-corrected chi connectivity index (χ3v) is 1.77. The average molecular weight is 212 g/mol. The zero-order valence-corrected chi connectivity index (χ0v) is 8.27. The lowest BCUT2D eigenvalue weighted by Gasteiger charge is -2.21. The normalized spacial score (nSPS) is 13.9. The Morgan fingerprint density at radius 3 is 2.36 bits per heavy atom. The molecular formula is C8H15F3N2O. The van der Waals surface area contributed by atoms with Gasteiger partial charge in [0.1, 0.15) is 6.42 Å². The second-order valence-corrected chi connectivity index (χ2v) is 3.41. The lowest BCUT2D eigenvalue weighted by Crippen LogP contribution is -2.35. The fourth-order valence-corrected chi connectivity index (χ4v) is 0.950. The molecule has 0 heterocycles. The molecule has 2 N–H and O–H groups in total. The molecule has 0 spiro atoms. The van der Waals surface area contributed by atoms with Crippen molar-refractivity contribution in [3.63, 3.8) is 0 Å². The molecule has 0 rings (SSSR count). The largest absolute Gasteiger partial charge is 0.397 e. The molecule has 3 nitrogen and oxygen atoms in total. The van der Waals surface area contributed by atoms with Crippen LogP contribution in [0.2, 0.25) is 0 Å². The highest BCUT2D eigenvalue weighted by Gasteiger charge is 2.32. The van der Waals surface area contributed by atoms with Gasteiger partial charge in [0.05, 0.1) is 0 Å². The topological polar surface area (TPSA) is 46.3 Å². The SMILES string of the molecule is CC(CN)CN(C)C(=O)CC(F)(F)F. The standard InChI is InChI=1S/C8H15F3N2O/c1-6(4-12)5-13(2)7(14)3-8(9,10)11/h6H,3-5,12H2,1-2H3. The molecule has 0 saturated heterocycles. The first-order valence-electron chi connectivity index (χ1n) is 4.27. The van der Waals surface area contributed by atoms with Crippen LogP contribution < -0.4 is 5.73 Å². The van der Waals surface area contributed by atoms with Crippen molar-refractivity contribution >= 4 is 5.91 Å². The molecule has 0 aliphatic rings. The first-order valence-corrected chi connectivity index (χ1v) is 4.27. The van der Waals surface area contributed by atoms with Gasteiger partial charge in [-0.1, -0.05) is 6.92 Å². The van der Waals surface area contributed by atoms with Gasteiger partial charge in [-0.25, -0.2) is 0 Å². The number of hydrogen-bond donors (Lipinski definition) is 1. The number of nitrogens with zero attached hydrogens (tertiary/aromatic N) is 1. The van der Waals surface area contributed by atoms with Crippen molar-refractivity contribution in [2.45, 2.75) is 19.5 Å². The van der Waals surface area contributed by atoms with Crippen LogP contribution in [0, 0.1) is 5.92 Å². The highest BCUT2D eigenvalue weighted by molar-refractivity contribution is 5.76. The van der Waals surface area contributed by atoms with Crippen molar-refractivity contribution in [1.29, 1.82) is 0 Å². The van der Waals surface area contributed by atoms with Gasteiger partial charge < -0.3 is 10.6 Å². The minimum atomic E-state index is -4.43. The predicted molar refractivity (Wildman–Crippen MR) is 46.5 cm³/mol. The zero-order valence-electron chi connectivity index (χ0n) is 8.27. The minimum Gasteiger partial charge on any atom is -0.345 e. The highest BCUT2D eigenvalue weighted by Crippen LogP contribution is 2.20. The summed E-state index contributed by atoms with van der Waals surface area (Å²) in [6.07, 6.45) is -5.84. The fourth-order valence-electron chi connectivity index (χ4n) is 0.950. The molecule has 0 aliphatic carbocycles. The molecule has 0 aromatic rings. The van der Waals surface area contributed by atoms with Crippen molar-refractivity contribution in [3.05, 3.63) is 0 Å². The van der Waals surface area contributed by atoms with Crippen molar-refractivity contribution < 1.29 is 18.0 Å². The van der Waals surface area contributed by atoms with Crippen LogP contribution in [0.1, 0.15) is 13.3 Å². The van der Waals surface area contributed by atoms with Gasteiger partial charge in [0.25, 0.3) is 0 Å². The van der Waals surface area contributed by atoms with Crippen LogP contribution in [0.4, 0.5) is 13.2 Å². The number of amides is 1. The lowest BCUT2D eigenvalue weighted by atomic mass is 10.1. The van der Waals surface area contributed by atoms with Gasteiger partial charge in [0.2, 0.25) is 5.91 Å². The Morgan fingerprint density at radius 2 is 2.00 bits per heavy atom. The van der Waals surface area contributed by atoms with Gasteiger partial charge in [0.15, 0.2) is 0 Å². The van der Waals surface area contributed by atoms with E-state index in [-0.39, 0.29) is 12.5 Å². The maximum Gasteiger partial charge on any atom is 0.397 e. The van der Waals surface area contributed by atoms with Gasteiger partial charge in [-0.2, -0.15) is 13.2 Å². The van der Waals surface area contributed by atoms with E-state index in [0.29, 0.717) is 6.54 Å². The van der Waals surface area contributed by atoms with Gasteiger partial charge in [-0.3, -0.25) is 4.79 Å². The van der Waals surface area contributed by atoms with Crippen LogP contribution in [0.25, 0.3) is 0 Å². The van der Waals surface area contributed by atoms with E-state index in [0.717, 1.165) is 4.90 Å². The summed E-state index contributed by atoms with van der Waals surface area (Å²) >= 11 is 0. The van der Waals surface area contributed by atoms with Crippen molar-refractivity contribution in [2.75, 3.05) is 20.1 Å². The summed E-state index contributed by atoms with van der Waals surface area (Å²) in [4.78, 5) is 12.0. The van der Waals surface area contributed by atoms with Crippen molar-refractivity contribution in [3.8, 4) is 0 Å². The van der Waals surface area contributed by atoms with Crippen LogP contribution >= 0.6 is 0 Å². The van der Waals surface area contributed by atoms with Crippen LogP contribution in [-0.4, -0.2) is 37.1 Å². The Labute approximate surface area is 81.1 Å². The van der Waals surface area contributed by atoms with Crippen LogP contribution in [0.3, 0.4) is 0 Å². The first kappa shape index (κ1) is 13.2. The summed E-state index contributed by atoms with van der Waals surface area (Å²) in [6, 6.07) is 0. The molecule has 1 amide bonds. The maximum absolute atomic E-state index is 11.8. The monoisotopic (exact) mass is 212 g/mol. The van der Waals surface area contributed by atoms with E-state index in [1.165, 1.54) is 7.05 Å². The average Bonchev–Trinajstić information content (AvgIpc) is 2.00. The Balaban J connectivity index is 4.00. The van der Waals surface area contributed by atoms with E-state index in [2.05, 4.69) is 0 Å². The second kappa shape index (κ2) is 5.19. The first-order chi connectivity index (χ1) is 6.26.